The Hall–Kier alpha value is -0.840. The van der Waals surface area contributed by atoms with Crippen LogP contribution >= 0.6 is 7.26 Å². The summed E-state index contributed by atoms with van der Waals surface area (Å²) in [4.78, 5) is -0.461. The second-order valence-corrected chi connectivity index (χ2v) is 14.0. The third kappa shape index (κ3) is 12.7. The number of hydrogen-bond acceptors (Lipinski definition) is 5. The highest BCUT2D eigenvalue weighted by Crippen LogP contribution is 2.61. The average molecular weight is 477 g/mol. The van der Waals surface area contributed by atoms with Gasteiger partial charge in [-0.25, -0.2) is 8.42 Å². The van der Waals surface area contributed by atoms with Gasteiger partial charge in [0.15, 0.2) is 0 Å². The second-order valence-electron chi connectivity index (χ2n) is 8.17. The minimum Gasteiger partial charge on any atom is -0.744 e. The lowest BCUT2D eigenvalue weighted by Crippen LogP contribution is -2.12. The summed E-state index contributed by atoms with van der Waals surface area (Å²) in [5.74, 6) is -0.275. The predicted molar refractivity (Wildman–Crippen MR) is 133 cm³/mol. The normalized spacial score (nSPS) is 11.7. The van der Waals surface area contributed by atoms with Crippen LogP contribution in [0.15, 0.2) is 23.1 Å². The van der Waals surface area contributed by atoms with E-state index < -0.39 is 22.3 Å². The van der Waals surface area contributed by atoms with Crippen LogP contribution in [0.1, 0.15) is 86.0 Å². The number of hydrogen-bond donors (Lipinski definition) is 1. The molecule has 0 aliphatic carbocycles. The largest absolute Gasteiger partial charge is 0.744 e. The highest BCUT2D eigenvalue weighted by Gasteiger charge is 2.34. The van der Waals surface area contributed by atoms with E-state index in [2.05, 4.69) is 27.7 Å². The van der Waals surface area contributed by atoms with E-state index in [-0.39, 0.29) is 18.1 Å². The van der Waals surface area contributed by atoms with E-state index >= 15 is 0 Å². The van der Waals surface area contributed by atoms with Crippen molar-refractivity contribution in [2.45, 2.75) is 90.9 Å². The number of ether oxygens (including phenoxy) is 1. The summed E-state index contributed by atoms with van der Waals surface area (Å²) in [7, 11) is -5.12. The number of phenols is 1. The number of aromatic hydroxyl groups is 1. The van der Waals surface area contributed by atoms with Gasteiger partial charge in [0.05, 0.1) is 36.2 Å². The fourth-order valence-electron chi connectivity index (χ4n) is 3.62. The minimum absolute atomic E-state index is 0.123. The van der Waals surface area contributed by atoms with E-state index in [4.69, 9.17) is 9.84 Å². The molecule has 5 nitrogen and oxygen atoms in total. The van der Waals surface area contributed by atoms with Crippen molar-refractivity contribution in [1.29, 1.82) is 0 Å². The maximum absolute atomic E-state index is 10.7. The van der Waals surface area contributed by atoms with Crippen LogP contribution in [0.4, 0.5) is 0 Å². The molecule has 0 spiro atoms. The molecular weight excluding hydrogens is 431 g/mol. The van der Waals surface area contributed by atoms with Crippen molar-refractivity contribution in [3.8, 4) is 11.5 Å². The smallest absolute Gasteiger partial charge is 0.140 e. The Labute approximate surface area is 192 Å². The fraction of sp³-hybridized carbons (Fsp3) is 0.750. The van der Waals surface area contributed by atoms with Gasteiger partial charge in [-0.3, -0.25) is 0 Å². The molecule has 0 amide bonds. The van der Waals surface area contributed by atoms with Crippen LogP contribution in [-0.4, -0.2) is 49.3 Å². The molecule has 0 aliphatic rings. The zero-order valence-corrected chi connectivity index (χ0v) is 22.1. The van der Waals surface area contributed by atoms with Crippen LogP contribution in [-0.2, 0) is 10.1 Å². The Balaban J connectivity index is 0.000000590. The molecule has 0 atom stereocenters. The fourth-order valence-corrected chi connectivity index (χ4v) is 9.51. The Kier molecular flexibility index (Phi) is 16.3. The molecule has 0 radical (unpaired) electrons. The SMILES string of the molecule is CCCC[P+](CCCC)(CCCC)CCCC.CCOc1cc(O)ccc1S(=O)(=O)[O-]. The molecule has 0 unspecified atom stereocenters. The van der Waals surface area contributed by atoms with E-state index in [1.54, 1.807) is 31.6 Å². The summed E-state index contributed by atoms with van der Waals surface area (Å²) in [5.41, 5.74) is 0. The third-order valence-corrected chi connectivity index (χ3v) is 11.4. The summed E-state index contributed by atoms with van der Waals surface area (Å²) >= 11 is 0. The summed E-state index contributed by atoms with van der Waals surface area (Å²) in [6, 6.07) is 3.23. The van der Waals surface area contributed by atoms with Crippen molar-refractivity contribution in [2.75, 3.05) is 31.3 Å². The van der Waals surface area contributed by atoms with Gasteiger partial charge in [0, 0.05) is 13.3 Å². The molecule has 0 bridgehead atoms. The van der Waals surface area contributed by atoms with E-state index in [1.807, 2.05) is 0 Å². The second kappa shape index (κ2) is 16.7. The molecule has 1 aromatic carbocycles. The average Bonchev–Trinajstić information content (AvgIpc) is 2.72. The molecule has 1 aromatic rings. The van der Waals surface area contributed by atoms with E-state index in [0.29, 0.717) is 0 Å². The Bertz CT molecular complexity index is 654. The Morgan fingerprint density at radius 2 is 1.26 bits per heavy atom. The molecule has 0 saturated carbocycles. The van der Waals surface area contributed by atoms with Crippen molar-refractivity contribution < 1.29 is 22.8 Å². The van der Waals surface area contributed by atoms with Crippen LogP contribution in [0.3, 0.4) is 0 Å². The summed E-state index contributed by atoms with van der Waals surface area (Å²) in [5, 5.41) is 9.05. The van der Waals surface area contributed by atoms with Crippen LogP contribution in [0, 0.1) is 0 Å². The number of rotatable bonds is 15. The maximum Gasteiger partial charge on any atom is 0.140 e. The molecule has 7 heteroatoms. The van der Waals surface area contributed by atoms with E-state index in [9.17, 15) is 13.0 Å². The standard InChI is InChI=1S/C16H36P.C8H10O5S/c1-5-9-13-17(14-10-6-2,15-11-7-3)16-12-8-4;1-2-13-7-5-6(9)3-4-8(7)14(10,11)12/h5-16H2,1-4H3;3-5,9H,2H2,1H3,(H,10,11,12)/q+1;/p-1. The molecular formula is C24H45O5PS. The van der Waals surface area contributed by atoms with Gasteiger partial charge < -0.3 is 14.4 Å². The van der Waals surface area contributed by atoms with Gasteiger partial charge in [-0.1, -0.05) is 53.4 Å². The van der Waals surface area contributed by atoms with Crippen molar-refractivity contribution in [3.63, 3.8) is 0 Å². The monoisotopic (exact) mass is 476 g/mol. The van der Waals surface area contributed by atoms with Crippen molar-refractivity contribution >= 4 is 17.4 Å². The third-order valence-electron chi connectivity index (χ3n) is 5.44. The van der Waals surface area contributed by atoms with Crippen LogP contribution < -0.4 is 4.74 Å². The molecule has 182 valence electrons. The van der Waals surface area contributed by atoms with Gasteiger partial charge in [-0.15, -0.1) is 0 Å². The van der Waals surface area contributed by atoms with Gasteiger partial charge in [-0.05, 0) is 44.7 Å². The topological polar surface area (TPSA) is 86.7 Å². The van der Waals surface area contributed by atoms with Gasteiger partial charge in [0.1, 0.15) is 21.6 Å². The summed E-state index contributed by atoms with van der Waals surface area (Å²) in [6.45, 7) is 11.3. The zero-order chi connectivity index (χ0) is 23.8. The zero-order valence-electron chi connectivity index (χ0n) is 20.4. The van der Waals surface area contributed by atoms with Crippen molar-refractivity contribution in [3.05, 3.63) is 18.2 Å². The van der Waals surface area contributed by atoms with Gasteiger partial charge >= 0.3 is 0 Å². The first-order valence-corrected chi connectivity index (χ1v) is 15.9. The first-order chi connectivity index (χ1) is 14.7. The highest BCUT2D eigenvalue weighted by atomic mass is 32.2. The van der Waals surface area contributed by atoms with Gasteiger partial charge in [0.2, 0.25) is 0 Å². The van der Waals surface area contributed by atoms with Crippen molar-refractivity contribution in [2.24, 2.45) is 0 Å². The minimum atomic E-state index is -4.56. The molecule has 1 N–H and O–H groups in total. The van der Waals surface area contributed by atoms with E-state index in [1.165, 1.54) is 51.4 Å². The first kappa shape index (κ1) is 30.2. The predicted octanol–water partition coefficient (Wildman–Crippen LogP) is 6.90. The molecule has 31 heavy (non-hydrogen) atoms. The van der Waals surface area contributed by atoms with Gasteiger partial charge in [0.25, 0.3) is 0 Å². The Morgan fingerprint density at radius 3 is 1.58 bits per heavy atom. The van der Waals surface area contributed by atoms with E-state index in [0.717, 1.165) is 18.2 Å². The molecule has 0 fully saturated rings. The number of unbranched alkanes of at least 4 members (excludes halogenated alkanes) is 4. The Morgan fingerprint density at radius 1 is 0.839 bits per heavy atom. The molecule has 0 saturated heterocycles. The summed E-state index contributed by atoms with van der Waals surface area (Å²) in [6.07, 6.45) is 17.9. The lowest BCUT2D eigenvalue weighted by Gasteiger charge is -2.28. The van der Waals surface area contributed by atoms with Crippen LogP contribution in [0.2, 0.25) is 0 Å². The molecule has 1 rings (SSSR count). The van der Waals surface area contributed by atoms with Crippen LogP contribution in [0.5, 0.6) is 11.5 Å². The summed E-state index contributed by atoms with van der Waals surface area (Å²) < 4.78 is 37.1. The number of benzene rings is 1. The van der Waals surface area contributed by atoms with Crippen LogP contribution in [0.25, 0.3) is 0 Å². The highest BCUT2D eigenvalue weighted by molar-refractivity contribution is 7.85. The lowest BCUT2D eigenvalue weighted by molar-refractivity contribution is 0.326. The molecule has 0 aromatic heterocycles. The first-order valence-electron chi connectivity index (χ1n) is 12.0. The lowest BCUT2D eigenvalue weighted by atomic mass is 10.3. The quantitative estimate of drug-likeness (QED) is 0.220. The number of phenolic OH excluding ortho intramolecular Hbond substituents is 1. The van der Waals surface area contributed by atoms with Crippen molar-refractivity contribution in [1.82, 2.24) is 0 Å². The molecule has 0 aliphatic heterocycles. The maximum atomic E-state index is 10.7. The molecule has 0 heterocycles. The van der Waals surface area contributed by atoms with Gasteiger partial charge in [-0.2, -0.15) is 0 Å².